The van der Waals surface area contributed by atoms with Gasteiger partial charge in [-0.2, -0.15) is 0 Å². The summed E-state index contributed by atoms with van der Waals surface area (Å²) in [5, 5.41) is 21.4. The van der Waals surface area contributed by atoms with Gasteiger partial charge in [-0.05, 0) is 12.8 Å². The summed E-state index contributed by atoms with van der Waals surface area (Å²) in [6, 6.07) is -0.618. The van der Waals surface area contributed by atoms with Crippen LogP contribution in [0.4, 0.5) is 0 Å². The maximum Gasteiger partial charge on any atom is 0.320 e. The van der Waals surface area contributed by atoms with Gasteiger partial charge in [-0.1, -0.05) is 104 Å². The molecule has 0 aliphatic heterocycles. The summed E-state index contributed by atoms with van der Waals surface area (Å²) < 4.78 is 0. The zero-order valence-corrected chi connectivity index (χ0v) is 16.8. The average Bonchev–Trinajstić information content (AvgIpc) is 2.60. The van der Waals surface area contributed by atoms with Crippen molar-refractivity contribution >= 4 is 5.97 Å². The highest BCUT2D eigenvalue weighted by atomic mass is 16.4. The van der Waals surface area contributed by atoms with Gasteiger partial charge in [-0.15, -0.1) is 0 Å². The molecule has 0 saturated heterocycles. The van der Waals surface area contributed by atoms with Gasteiger partial charge in [-0.3, -0.25) is 10.1 Å². The molecule has 0 aromatic carbocycles. The highest BCUT2D eigenvalue weighted by molar-refractivity contribution is 5.73. The summed E-state index contributed by atoms with van der Waals surface area (Å²) in [5.74, 6) is -0.859. The van der Waals surface area contributed by atoms with Crippen molar-refractivity contribution in [1.82, 2.24) is 5.32 Å². The third-order valence-electron chi connectivity index (χ3n) is 4.92. The number of carboxylic acid groups (broad SMARTS) is 1. The Morgan fingerprint density at radius 3 is 1.52 bits per heavy atom. The van der Waals surface area contributed by atoms with Crippen LogP contribution >= 0.6 is 0 Å². The van der Waals surface area contributed by atoms with E-state index in [9.17, 15) is 9.90 Å². The minimum absolute atomic E-state index is 0.530. The van der Waals surface area contributed by atoms with Crippen molar-refractivity contribution in [3.8, 4) is 0 Å². The van der Waals surface area contributed by atoms with E-state index in [1.807, 2.05) is 6.92 Å². The van der Waals surface area contributed by atoms with E-state index in [0.29, 0.717) is 12.8 Å². The van der Waals surface area contributed by atoms with Crippen molar-refractivity contribution in [2.45, 2.75) is 129 Å². The van der Waals surface area contributed by atoms with E-state index < -0.39 is 18.2 Å². The van der Waals surface area contributed by atoms with Gasteiger partial charge < -0.3 is 10.2 Å². The standard InChI is InChI=1S/C21H43NO3/c1-3-5-6-7-8-9-10-11-12-13-14-15-16-17-18-19(21(24)25)22-20(23)4-2/h19-20,22-23H,3-18H2,1-2H3,(H,24,25). The number of carboxylic acids is 1. The van der Waals surface area contributed by atoms with Crippen LogP contribution in [0.3, 0.4) is 0 Å². The van der Waals surface area contributed by atoms with Crippen LogP contribution in [-0.4, -0.2) is 28.5 Å². The van der Waals surface area contributed by atoms with Crippen molar-refractivity contribution in [3.05, 3.63) is 0 Å². The molecule has 2 atom stereocenters. The first-order valence-electron chi connectivity index (χ1n) is 10.8. The molecular formula is C21H43NO3. The number of unbranched alkanes of at least 4 members (excludes halogenated alkanes) is 13. The second-order valence-corrected chi connectivity index (χ2v) is 7.37. The van der Waals surface area contributed by atoms with Gasteiger partial charge in [0.1, 0.15) is 12.3 Å². The number of aliphatic hydroxyl groups is 1. The predicted molar refractivity (Wildman–Crippen MR) is 106 cm³/mol. The van der Waals surface area contributed by atoms with Gasteiger partial charge in [0.25, 0.3) is 0 Å². The number of aliphatic carboxylic acids is 1. The predicted octanol–water partition coefficient (Wildman–Crippen LogP) is 5.63. The molecular weight excluding hydrogens is 314 g/mol. The first-order valence-corrected chi connectivity index (χ1v) is 10.8. The molecule has 0 radical (unpaired) electrons. The molecule has 0 rings (SSSR count). The third kappa shape index (κ3) is 16.6. The van der Waals surface area contributed by atoms with E-state index >= 15 is 0 Å². The summed E-state index contributed by atoms with van der Waals surface area (Å²) in [5.41, 5.74) is 0. The first kappa shape index (κ1) is 24.4. The summed E-state index contributed by atoms with van der Waals surface area (Å²) in [4.78, 5) is 11.1. The van der Waals surface area contributed by atoms with E-state index in [0.717, 1.165) is 12.8 Å². The van der Waals surface area contributed by atoms with Crippen LogP contribution < -0.4 is 5.32 Å². The molecule has 25 heavy (non-hydrogen) atoms. The molecule has 0 aromatic rings. The van der Waals surface area contributed by atoms with Crippen molar-refractivity contribution in [2.75, 3.05) is 0 Å². The molecule has 0 aromatic heterocycles. The normalized spacial score (nSPS) is 13.7. The smallest absolute Gasteiger partial charge is 0.320 e. The lowest BCUT2D eigenvalue weighted by Crippen LogP contribution is -2.43. The van der Waals surface area contributed by atoms with Gasteiger partial charge in [0, 0.05) is 0 Å². The lowest BCUT2D eigenvalue weighted by molar-refractivity contribution is -0.140. The quantitative estimate of drug-likeness (QED) is 0.207. The maximum absolute atomic E-state index is 11.1. The molecule has 4 nitrogen and oxygen atoms in total. The lowest BCUT2D eigenvalue weighted by Gasteiger charge is -2.18. The summed E-state index contributed by atoms with van der Waals surface area (Å²) in [6.07, 6.45) is 18.6. The van der Waals surface area contributed by atoms with Crippen molar-refractivity contribution in [3.63, 3.8) is 0 Å². The van der Waals surface area contributed by atoms with Crippen LogP contribution in [0.1, 0.15) is 117 Å². The number of hydrogen-bond acceptors (Lipinski definition) is 3. The van der Waals surface area contributed by atoms with Crippen LogP contribution in [0.25, 0.3) is 0 Å². The fraction of sp³-hybridized carbons (Fsp3) is 0.952. The van der Waals surface area contributed by atoms with Crippen molar-refractivity contribution in [2.24, 2.45) is 0 Å². The first-order chi connectivity index (χ1) is 12.1. The topological polar surface area (TPSA) is 69.6 Å². The van der Waals surface area contributed by atoms with E-state index in [1.165, 1.54) is 77.0 Å². The van der Waals surface area contributed by atoms with Crippen molar-refractivity contribution < 1.29 is 15.0 Å². The summed E-state index contributed by atoms with van der Waals surface area (Å²) >= 11 is 0. The molecule has 0 heterocycles. The molecule has 2 unspecified atom stereocenters. The fourth-order valence-electron chi connectivity index (χ4n) is 3.17. The third-order valence-corrected chi connectivity index (χ3v) is 4.92. The number of nitrogens with one attached hydrogen (secondary N) is 1. The molecule has 150 valence electrons. The fourth-order valence-corrected chi connectivity index (χ4v) is 3.17. The number of rotatable bonds is 19. The molecule has 0 fully saturated rings. The lowest BCUT2D eigenvalue weighted by atomic mass is 10.0. The molecule has 0 saturated carbocycles. The molecule has 4 heteroatoms. The van der Waals surface area contributed by atoms with Gasteiger partial charge in [-0.25, -0.2) is 0 Å². The Balaban J connectivity index is 3.35. The van der Waals surface area contributed by atoms with Crippen LogP contribution in [0.5, 0.6) is 0 Å². The Bertz CT molecular complexity index is 297. The Morgan fingerprint density at radius 1 is 0.760 bits per heavy atom. The van der Waals surface area contributed by atoms with Crippen molar-refractivity contribution in [1.29, 1.82) is 0 Å². The highest BCUT2D eigenvalue weighted by Crippen LogP contribution is 2.14. The Kier molecular flexibility index (Phi) is 17.7. The van der Waals surface area contributed by atoms with Crippen LogP contribution in [0.15, 0.2) is 0 Å². The Morgan fingerprint density at radius 2 is 1.16 bits per heavy atom. The largest absolute Gasteiger partial charge is 0.480 e. The Labute approximate surface area is 155 Å². The minimum atomic E-state index is -0.859. The molecule has 0 spiro atoms. The molecule has 3 N–H and O–H groups in total. The number of hydrogen-bond donors (Lipinski definition) is 3. The van der Waals surface area contributed by atoms with Gasteiger partial charge in [0.15, 0.2) is 0 Å². The SMILES string of the molecule is CCCCCCCCCCCCCCCCC(NC(O)CC)C(=O)O. The zero-order valence-electron chi connectivity index (χ0n) is 16.8. The van der Waals surface area contributed by atoms with Crippen LogP contribution in [0.2, 0.25) is 0 Å². The second kappa shape index (κ2) is 18.2. The van der Waals surface area contributed by atoms with E-state index in [2.05, 4.69) is 12.2 Å². The Hall–Kier alpha value is -0.610. The maximum atomic E-state index is 11.1. The highest BCUT2D eigenvalue weighted by Gasteiger charge is 2.18. The van der Waals surface area contributed by atoms with E-state index in [1.54, 1.807) is 0 Å². The number of carbonyl (C=O) groups is 1. The monoisotopic (exact) mass is 357 g/mol. The van der Waals surface area contributed by atoms with E-state index in [4.69, 9.17) is 5.11 Å². The second-order valence-electron chi connectivity index (χ2n) is 7.37. The summed E-state index contributed by atoms with van der Waals surface area (Å²) in [7, 11) is 0. The van der Waals surface area contributed by atoms with Gasteiger partial charge >= 0.3 is 5.97 Å². The van der Waals surface area contributed by atoms with Crippen LogP contribution in [-0.2, 0) is 4.79 Å². The molecule has 0 amide bonds. The van der Waals surface area contributed by atoms with Crippen LogP contribution in [0, 0.1) is 0 Å². The molecule has 0 aliphatic rings. The minimum Gasteiger partial charge on any atom is -0.480 e. The zero-order chi connectivity index (χ0) is 18.8. The van der Waals surface area contributed by atoms with Gasteiger partial charge in [0.2, 0.25) is 0 Å². The summed E-state index contributed by atoms with van der Waals surface area (Å²) in [6.45, 7) is 4.10. The van der Waals surface area contributed by atoms with Gasteiger partial charge in [0.05, 0.1) is 0 Å². The van der Waals surface area contributed by atoms with E-state index in [-0.39, 0.29) is 0 Å². The number of aliphatic hydroxyl groups excluding tert-OH is 1. The average molecular weight is 358 g/mol. The molecule has 0 aliphatic carbocycles. The molecule has 0 bridgehead atoms.